The van der Waals surface area contributed by atoms with Crippen molar-refractivity contribution >= 4 is 11.8 Å². The Labute approximate surface area is 117 Å². The summed E-state index contributed by atoms with van der Waals surface area (Å²) in [5.74, 6) is 2.60. The second kappa shape index (κ2) is 7.73. The van der Waals surface area contributed by atoms with Crippen molar-refractivity contribution in [1.29, 1.82) is 0 Å². The third-order valence-electron chi connectivity index (χ3n) is 4.46. The normalized spacial score (nSPS) is 27.8. The average Bonchev–Trinajstić information content (AvgIpc) is 2.46. The Bertz CT molecular complexity index is 223. The van der Waals surface area contributed by atoms with Gasteiger partial charge in [0.2, 0.25) is 0 Å². The quantitative estimate of drug-likeness (QED) is 0.816. The molecule has 3 nitrogen and oxygen atoms in total. The highest BCUT2D eigenvalue weighted by Crippen LogP contribution is 2.16. The van der Waals surface area contributed by atoms with E-state index in [9.17, 15) is 0 Å². The number of thioether (sulfide) groups is 1. The summed E-state index contributed by atoms with van der Waals surface area (Å²) in [5, 5.41) is 3.64. The molecule has 0 bridgehead atoms. The largest absolute Gasteiger partial charge is 0.312 e. The van der Waals surface area contributed by atoms with Gasteiger partial charge in [-0.1, -0.05) is 6.92 Å². The highest BCUT2D eigenvalue weighted by Gasteiger charge is 2.22. The zero-order valence-electron chi connectivity index (χ0n) is 12.0. The predicted octanol–water partition coefficient (Wildman–Crippen LogP) is 1.50. The van der Waals surface area contributed by atoms with Crippen LogP contribution >= 0.6 is 11.8 Å². The SMILES string of the molecule is CCN1CCC(N(C)CCC2CSCCN2)CC1. The molecule has 0 saturated carbocycles. The summed E-state index contributed by atoms with van der Waals surface area (Å²) in [6, 6.07) is 1.57. The molecule has 0 aromatic carbocycles. The number of rotatable bonds is 5. The second-order valence-electron chi connectivity index (χ2n) is 5.66. The van der Waals surface area contributed by atoms with Crippen molar-refractivity contribution < 1.29 is 0 Å². The van der Waals surface area contributed by atoms with Gasteiger partial charge in [-0.2, -0.15) is 11.8 Å². The van der Waals surface area contributed by atoms with Crippen LogP contribution in [0.1, 0.15) is 26.2 Å². The minimum atomic E-state index is 0.752. The molecule has 106 valence electrons. The van der Waals surface area contributed by atoms with Crippen molar-refractivity contribution in [2.45, 2.75) is 38.3 Å². The van der Waals surface area contributed by atoms with Crippen molar-refractivity contribution in [1.82, 2.24) is 15.1 Å². The molecule has 18 heavy (non-hydrogen) atoms. The Morgan fingerprint density at radius 1 is 1.33 bits per heavy atom. The average molecular weight is 271 g/mol. The van der Waals surface area contributed by atoms with Crippen LogP contribution in [0.25, 0.3) is 0 Å². The molecule has 0 aliphatic carbocycles. The number of hydrogen-bond acceptors (Lipinski definition) is 4. The first kappa shape index (κ1) is 14.6. The fraction of sp³-hybridized carbons (Fsp3) is 1.00. The summed E-state index contributed by atoms with van der Waals surface area (Å²) in [4.78, 5) is 5.18. The summed E-state index contributed by atoms with van der Waals surface area (Å²) < 4.78 is 0. The molecule has 1 N–H and O–H groups in total. The Morgan fingerprint density at radius 3 is 2.72 bits per heavy atom. The zero-order chi connectivity index (χ0) is 12.8. The lowest BCUT2D eigenvalue weighted by atomic mass is 10.0. The molecule has 2 aliphatic rings. The van der Waals surface area contributed by atoms with E-state index < -0.39 is 0 Å². The standard InChI is InChI=1S/C14H29N3S/c1-3-17-9-5-14(6-10-17)16(2)8-4-13-12-18-11-7-15-13/h13-15H,3-12H2,1-2H3. The summed E-state index contributed by atoms with van der Waals surface area (Å²) in [6.45, 7) is 8.55. The van der Waals surface area contributed by atoms with E-state index in [-0.39, 0.29) is 0 Å². The van der Waals surface area contributed by atoms with Gasteiger partial charge < -0.3 is 15.1 Å². The first-order valence-corrected chi connectivity index (χ1v) is 8.68. The van der Waals surface area contributed by atoms with Crippen LogP contribution in [-0.4, -0.2) is 73.2 Å². The van der Waals surface area contributed by atoms with Crippen LogP contribution in [0.4, 0.5) is 0 Å². The van der Waals surface area contributed by atoms with E-state index in [0.29, 0.717) is 0 Å². The molecule has 2 saturated heterocycles. The van der Waals surface area contributed by atoms with Gasteiger partial charge in [0.1, 0.15) is 0 Å². The minimum Gasteiger partial charge on any atom is -0.312 e. The van der Waals surface area contributed by atoms with Gasteiger partial charge in [0, 0.05) is 30.1 Å². The van der Waals surface area contributed by atoms with E-state index >= 15 is 0 Å². The molecule has 1 atom stereocenters. The van der Waals surface area contributed by atoms with Gasteiger partial charge in [0.25, 0.3) is 0 Å². The van der Waals surface area contributed by atoms with Gasteiger partial charge in [-0.3, -0.25) is 0 Å². The van der Waals surface area contributed by atoms with Gasteiger partial charge in [-0.05, 0) is 52.5 Å². The molecular formula is C14H29N3S. The fourth-order valence-electron chi connectivity index (χ4n) is 3.02. The van der Waals surface area contributed by atoms with E-state index in [1.807, 2.05) is 0 Å². The van der Waals surface area contributed by atoms with E-state index in [0.717, 1.165) is 12.1 Å². The summed E-state index contributed by atoms with van der Waals surface area (Å²) in [5.41, 5.74) is 0. The van der Waals surface area contributed by atoms with Crippen LogP contribution in [0.3, 0.4) is 0 Å². The Kier molecular flexibility index (Phi) is 6.29. The van der Waals surface area contributed by atoms with Crippen LogP contribution < -0.4 is 5.32 Å². The number of hydrogen-bond donors (Lipinski definition) is 1. The highest BCUT2D eigenvalue weighted by molar-refractivity contribution is 7.99. The smallest absolute Gasteiger partial charge is 0.0170 e. The molecule has 0 aromatic heterocycles. The maximum absolute atomic E-state index is 3.64. The lowest BCUT2D eigenvalue weighted by molar-refractivity contribution is 0.128. The molecule has 2 heterocycles. The zero-order valence-corrected chi connectivity index (χ0v) is 12.8. The lowest BCUT2D eigenvalue weighted by Gasteiger charge is -2.37. The molecule has 0 radical (unpaired) electrons. The summed E-state index contributed by atoms with van der Waals surface area (Å²) in [7, 11) is 2.32. The Hall–Kier alpha value is 0.230. The van der Waals surface area contributed by atoms with Gasteiger partial charge in [0.05, 0.1) is 0 Å². The van der Waals surface area contributed by atoms with Crippen LogP contribution in [-0.2, 0) is 0 Å². The Morgan fingerprint density at radius 2 is 2.11 bits per heavy atom. The third-order valence-corrected chi connectivity index (χ3v) is 5.59. The fourth-order valence-corrected chi connectivity index (χ4v) is 4.02. The van der Waals surface area contributed by atoms with Crippen molar-refractivity contribution in [3.05, 3.63) is 0 Å². The van der Waals surface area contributed by atoms with Crippen LogP contribution in [0.5, 0.6) is 0 Å². The first-order chi connectivity index (χ1) is 8.79. The van der Waals surface area contributed by atoms with Gasteiger partial charge in [0.15, 0.2) is 0 Å². The van der Waals surface area contributed by atoms with Crippen molar-refractivity contribution in [3.63, 3.8) is 0 Å². The molecule has 0 aromatic rings. The van der Waals surface area contributed by atoms with Gasteiger partial charge in [-0.25, -0.2) is 0 Å². The van der Waals surface area contributed by atoms with Gasteiger partial charge in [-0.15, -0.1) is 0 Å². The third kappa shape index (κ3) is 4.41. The first-order valence-electron chi connectivity index (χ1n) is 7.53. The van der Waals surface area contributed by atoms with E-state index in [1.165, 1.54) is 63.5 Å². The molecule has 0 spiro atoms. The Balaban J connectivity index is 1.63. The van der Waals surface area contributed by atoms with Crippen LogP contribution in [0.15, 0.2) is 0 Å². The van der Waals surface area contributed by atoms with Crippen molar-refractivity contribution in [3.8, 4) is 0 Å². The summed E-state index contributed by atoms with van der Waals surface area (Å²) >= 11 is 2.11. The highest BCUT2D eigenvalue weighted by atomic mass is 32.2. The minimum absolute atomic E-state index is 0.752. The van der Waals surface area contributed by atoms with E-state index in [1.54, 1.807) is 0 Å². The summed E-state index contributed by atoms with van der Waals surface area (Å²) in [6.07, 6.45) is 4.03. The number of nitrogens with one attached hydrogen (secondary N) is 1. The molecule has 2 aliphatic heterocycles. The number of likely N-dealkylation sites (tertiary alicyclic amines) is 1. The maximum Gasteiger partial charge on any atom is 0.0170 e. The molecule has 1 unspecified atom stereocenters. The monoisotopic (exact) mass is 271 g/mol. The van der Waals surface area contributed by atoms with Crippen molar-refractivity contribution in [2.75, 3.05) is 51.3 Å². The molecule has 2 rings (SSSR count). The van der Waals surface area contributed by atoms with Crippen LogP contribution in [0.2, 0.25) is 0 Å². The van der Waals surface area contributed by atoms with Crippen LogP contribution in [0, 0.1) is 0 Å². The maximum atomic E-state index is 3.64. The molecular weight excluding hydrogens is 242 g/mol. The molecule has 2 fully saturated rings. The molecule has 4 heteroatoms. The molecule has 0 amide bonds. The van der Waals surface area contributed by atoms with E-state index in [2.05, 4.69) is 40.8 Å². The predicted molar refractivity (Wildman–Crippen MR) is 81.5 cm³/mol. The van der Waals surface area contributed by atoms with Crippen molar-refractivity contribution in [2.24, 2.45) is 0 Å². The number of nitrogens with zero attached hydrogens (tertiary/aromatic N) is 2. The number of piperidine rings is 1. The topological polar surface area (TPSA) is 18.5 Å². The van der Waals surface area contributed by atoms with Gasteiger partial charge >= 0.3 is 0 Å². The lowest BCUT2D eigenvalue weighted by Crippen LogP contribution is -2.45. The van der Waals surface area contributed by atoms with E-state index in [4.69, 9.17) is 0 Å². The second-order valence-corrected chi connectivity index (χ2v) is 6.81.